The Hall–Kier alpha value is -3.02. The maximum Gasteiger partial charge on any atom is 0.452 e. The maximum absolute atomic E-state index is 11.3. The van der Waals surface area contributed by atoms with Gasteiger partial charge in [0.15, 0.2) is 0 Å². The number of amides is 2. The summed E-state index contributed by atoms with van der Waals surface area (Å²) >= 11 is 0. The first kappa shape index (κ1) is 15.4. The number of benzene rings is 2. The summed E-state index contributed by atoms with van der Waals surface area (Å²) in [6.45, 7) is 0.134. The molecule has 0 aliphatic carbocycles. The molecule has 112 valence electrons. The molecule has 0 N–H and O–H groups in total. The predicted octanol–water partition coefficient (Wildman–Crippen LogP) is 4.11. The van der Waals surface area contributed by atoms with E-state index in [1.807, 2.05) is 36.4 Å². The van der Waals surface area contributed by atoms with Crippen LogP contribution in [0.25, 0.3) is 0 Å². The fourth-order valence-corrected chi connectivity index (χ4v) is 1.58. The van der Waals surface area contributed by atoms with E-state index < -0.39 is 12.2 Å². The van der Waals surface area contributed by atoms with Gasteiger partial charge in [-0.05, 0) is 11.1 Å². The zero-order valence-electron chi connectivity index (χ0n) is 11.7. The summed E-state index contributed by atoms with van der Waals surface area (Å²) < 4.78 is 9.67. The van der Waals surface area contributed by atoms with Crippen molar-refractivity contribution in [3.05, 3.63) is 71.8 Å². The highest BCUT2D eigenvalue weighted by atomic mass is 16.6. The first-order valence-corrected chi connectivity index (χ1v) is 6.57. The van der Waals surface area contributed by atoms with Gasteiger partial charge >= 0.3 is 12.2 Å². The quantitative estimate of drug-likeness (QED) is 0.796. The average Bonchev–Trinajstić information content (AvgIpc) is 2.58. The van der Waals surface area contributed by atoms with Gasteiger partial charge in [0.05, 0.1) is 0 Å². The number of hydrogen-bond donors (Lipinski definition) is 0. The Morgan fingerprint density at radius 3 is 1.41 bits per heavy atom. The molecule has 0 spiro atoms. The van der Waals surface area contributed by atoms with Gasteiger partial charge in [-0.3, -0.25) is 0 Å². The summed E-state index contributed by atoms with van der Waals surface area (Å²) in [5, 5.41) is 6.28. The van der Waals surface area contributed by atoms with E-state index in [1.165, 1.54) is 0 Å². The lowest BCUT2D eigenvalue weighted by Gasteiger charge is -2.01. The third-order valence-electron chi connectivity index (χ3n) is 2.62. The Morgan fingerprint density at radius 1 is 0.682 bits per heavy atom. The minimum absolute atomic E-state index is 0.0672. The summed E-state index contributed by atoms with van der Waals surface area (Å²) in [6, 6.07) is 18.2. The minimum Gasteiger partial charge on any atom is -0.442 e. The van der Waals surface area contributed by atoms with Crippen LogP contribution in [0.15, 0.2) is 70.9 Å². The topological polar surface area (TPSA) is 77.3 Å². The van der Waals surface area contributed by atoms with Gasteiger partial charge in [-0.2, -0.15) is 0 Å². The van der Waals surface area contributed by atoms with Crippen LogP contribution < -0.4 is 0 Å². The van der Waals surface area contributed by atoms with Crippen LogP contribution in [0.2, 0.25) is 0 Å². The van der Waals surface area contributed by atoms with Crippen molar-refractivity contribution in [1.29, 1.82) is 0 Å². The molecule has 0 atom stereocenters. The molecule has 0 saturated carbocycles. The molecule has 0 aliphatic rings. The fourth-order valence-electron chi connectivity index (χ4n) is 1.58. The van der Waals surface area contributed by atoms with E-state index in [2.05, 4.69) is 10.2 Å². The number of hydrogen-bond acceptors (Lipinski definition) is 4. The van der Waals surface area contributed by atoms with Gasteiger partial charge in [0.2, 0.25) is 0 Å². The average molecular weight is 298 g/mol. The number of nitrogens with zero attached hydrogens (tertiary/aromatic N) is 2. The zero-order chi connectivity index (χ0) is 15.6. The number of ether oxygens (including phenoxy) is 2. The second-order valence-electron chi connectivity index (χ2n) is 4.28. The largest absolute Gasteiger partial charge is 0.452 e. The molecule has 2 aromatic carbocycles. The van der Waals surface area contributed by atoms with Crippen molar-refractivity contribution >= 4 is 12.2 Å². The van der Waals surface area contributed by atoms with Crippen molar-refractivity contribution in [1.82, 2.24) is 0 Å². The monoisotopic (exact) mass is 298 g/mol. The van der Waals surface area contributed by atoms with Crippen molar-refractivity contribution in [2.24, 2.45) is 10.2 Å². The third kappa shape index (κ3) is 5.54. The lowest BCUT2D eigenvalue weighted by atomic mass is 10.2. The molecule has 0 bridgehead atoms. The van der Waals surface area contributed by atoms with E-state index >= 15 is 0 Å². The lowest BCUT2D eigenvalue weighted by Crippen LogP contribution is -2.02. The smallest absolute Gasteiger partial charge is 0.442 e. The highest BCUT2D eigenvalue weighted by Crippen LogP contribution is 2.03. The first-order chi connectivity index (χ1) is 10.7. The van der Waals surface area contributed by atoms with Crippen molar-refractivity contribution in [2.75, 3.05) is 0 Å². The molecule has 0 unspecified atom stereocenters. The standard InChI is InChI=1S/C16H14N2O4/c19-15(21-11-13-7-3-1-4-8-13)17-18-16(20)22-12-14-9-5-2-6-10-14/h1-10H,11-12H2/b18-17-. The SMILES string of the molecule is O=C(/N=N\C(=O)OCc1ccccc1)OCc1ccccc1. The summed E-state index contributed by atoms with van der Waals surface area (Å²) in [6.07, 6.45) is -1.89. The molecule has 2 amide bonds. The second-order valence-corrected chi connectivity index (χ2v) is 4.28. The van der Waals surface area contributed by atoms with Crippen LogP contribution in [-0.2, 0) is 22.7 Å². The molecule has 2 aromatic rings. The predicted molar refractivity (Wildman–Crippen MR) is 78.1 cm³/mol. The van der Waals surface area contributed by atoms with E-state index in [0.29, 0.717) is 0 Å². The van der Waals surface area contributed by atoms with Gasteiger partial charge in [0, 0.05) is 0 Å². The molecule has 0 heterocycles. The lowest BCUT2D eigenvalue weighted by molar-refractivity contribution is 0.139. The number of carbonyl (C=O) groups is 2. The molecule has 0 aromatic heterocycles. The van der Waals surface area contributed by atoms with E-state index in [-0.39, 0.29) is 13.2 Å². The number of azo groups is 1. The molecule has 6 heteroatoms. The van der Waals surface area contributed by atoms with Crippen molar-refractivity contribution < 1.29 is 19.1 Å². The van der Waals surface area contributed by atoms with Crippen LogP contribution >= 0.6 is 0 Å². The number of carbonyl (C=O) groups excluding carboxylic acids is 2. The van der Waals surface area contributed by atoms with Gasteiger partial charge in [-0.1, -0.05) is 70.9 Å². The van der Waals surface area contributed by atoms with E-state index in [9.17, 15) is 9.59 Å². The zero-order valence-corrected chi connectivity index (χ0v) is 11.7. The number of rotatable bonds is 4. The van der Waals surface area contributed by atoms with E-state index in [1.54, 1.807) is 24.3 Å². The molecule has 22 heavy (non-hydrogen) atoms. The summed E-state index contributed by atoms with van der Waals surface area (Å²) in [5.41, 5.74) is 1.63. The van der Waals surface area contributed by atoms with Gasteiger partial charge in [-0.25, -0.2) is 9.59 Å². The Balaban J connectivity index is 1.71. The van der Waals surface area contributed by atoms with Gasteiger partial charge < -0.3 is 9.47 Å². The molecule has 0 aliphatic heterocycles. The minimum atomic E-state index is -0.944. The second kappa shape index (κ2) is 8.31. The fraction of sp³-hybridized carbons (Fsp3) is 0.125. The van der Waals surface area contributed by atoms with Crippen LogP contribution in [0.4, 0.5) is 9.59 Å². The summed E-state index contributed by atoms with van der Waals surface area (Å²) in [4.78, 5) is 22.6. The summed E-state index contributed by atoms with van der Waals surface area (Å²) in [7, 11) is 0. The molecule has 0 fully saturated rings. The van der Waals surface area contributed by atoms with Gasteiger partial charge in [-0.15, -0.1) is 0 Å². The Labute approximate surface area is 127 Å². The maximum atomic E-state index is 11.3. The van der Waals surface area contributed by atoms with E-state index in [4.69, 9.17) is 9.47 Å². The van der Waals surface area contributed by atoms with E-state index in [0.717, 1.165) is 11.1 Å². The van der Waals surface area contributed by atoms with Crippen LogP contribution in [0.5, 0.6) is 0 Å². The van der Waals surface area contributed by atoms with Crippen molar-refractivity contribution in [3.8, 4) is 0 Å². The first-order valence-electron chi connectivity index (χ1n) is 6.57. The molecule has 6 nitrogen and oxygen atoms in total. The van der Waals surface area contributed by atoms with Gasteiger partial charge in [0.25, 0.3) is 0 Å². The normalized spacial score (nSPS) is 10.4. The van der Waals surface area contributed by atoms with Gasteiger partial charge in [0.1, 0.15) is 13.2 Å². The molecular weight excluding hydrogens is 284 g/mol. The summed E-state index contributed by atoms with van der Waals surface area (Å²) in [5.74, 6) is 0. The molecule has 0 saturated heterocycles. The van der Waals surface area contributed by atoms with Crippen molar-refractivity contribution in [3.63, 3.8) is 0 Å². The van der Waals surface area contributed by atoms with Crippen LogP contribution in [0.1, 0.15) is 11.1 Å². The van der Waals surface area contributed by atoms with Crippen LogP contribution in [0, 0.1) is 0 Å². The molecular formula is C16H14N2O4. The van der Waals surface area contributed by atoms with Crippen LogP contribution in [0.3, 0.4) is 0 Å². The van der Waals surface area contributed by atoms with Crippen molar-refractivity contribution in [2.45, 2.75) is 13.2 Å². The molecule has 0 radical (unpaired) electrons. The highest BCUT2D eigenvalue weighted by Gasteiger charge is 2.05. The molecule has 2 rings (SSSR count). The Morgan fingerprint density at radius 2 is 1.05 bits per heavy atom. The highest BCUT2D eigenvalue weighted by molar-refractivity contribution is 5.73. The van der Waals surface area contributed by atoms with Crippen LogP contribution in [-0.4, -0.2) is 12.2 Å². The Kier molecular flexibility index (Phi) is 5.80. The Bertz CT molecular complexity index is 584. The third-order valence-corrected chi connectivity index (χ3v) is 2.62.